The van der Waals surface area contributed by atoms with Crippen molar-refractivity contribution < 1.29 is 24.2 Å². The van der Waals surface area contributed by atoms with Crippen molar-refractivity contribution in [2.75, 3.05) is 6.61 Å². The van der Waals surface area contributed by atoms with E-state index in [-0.39, 0.29) is 23.4 Å². The molecule has 0 saturated heterocycles. The van der Waals surface area contributed by atoms with Gasteiger partial charge in [-0.15, -0.1) is 6.58 Å². The number of unbranched alkanes of at least 4 members (excludes halogenated alkanes) is 7. The van der Waals surface area contributed by atoms with Crippen molar-refractivity contribution in [3.8, 4) is 0 Å². The highest BCUT2D eigenvalue weighted by atomic mass is 16.6. The van der Waals surface area contributed by atoms with E-state index in [2.05, 4.69) is 11.9 Å². The van der Waals surface area contributed by atoms with Gasteiger partial charge in [-0.2, -0.15) is 0 Å². The third kappa shape index (κ3) is 7.11. The molecule has 0 aliphatic heterocycles. The quantitative estimate of drug-likeness (QED) is 0.110. The van der Waals surface area contributed by atoms with E-state index in [1.165, 1.54) is 25.7 Å². The highest BCUT2D eigenvalue weighted by molar-refractivity contribution is 5.96. The van der Waals surface area contributed by atoms with Crippen molar-refractivity contribution in [3.05, 3.63) is 56.6 Å². The first-order valence-electron chi connectivity index (χ1n) is 12.8. The number of carbonyl (C=O) groups is 2. The maximum absolute atomic E-state index is 12.9. The molecule has 1 amide bonds. The van der Waals surface area contributed by atoms with Crippen LogP contribution >= 0.6 is 0 Å². The number of rotatable bonds is 15. The molecule has 0 heterocycles. The number of fused-ring (bicyclic) bond motifs is 2. The molecule has 0 radical (unpaired) electrons. The fourth-order valence-electron chi connectivity index (χ4n) is 5.55. The van der Waals surface area contributed by atoms with Crippen LogP contribution in [0.3, 0.4) is 0 Å². The van der Waals surface area contributed by atoms with Gasteiger partial charge in [0.1, 0.15) is 0 Å². The van der Waals surface area contributed by atoms with Gasteiger partial charge >= 0.3 is 5.97 Å². The number of nitro benzene ring substituents is 2. The van der Waals surface area contributed by atoms with Crippen LogP contribution in [0.15, 0.2) is 30.9 Å². The zero-order chi connectivity index (χ0) is 26.1. The van der Waals surface area contributed by atoms with Gasteiger partial charge in [0.15, 0.2) is 0 Å². The number of non-ortho nitro benzene ring substituents is 2. The second-order valence-corrected chi connectivity index (χ2v) is 9.83. The van der Waals surface area contributed by atoms with Crippen LogP contribution in [0.5, 0.6) is 0 Å². The number of benzene rings is 1. The Balaban J connectivity index is 1.52. The molecule has 1 aromatic rings. The SMILES string of the molecule is C=CCCCCCCCCCOC(=O)C1C2CCC(C2)C1NC(=O)c1cc([N+](=O)[O-])cc([N+](=O)[O-])c1. The summed E-state index contributed by atoms with van der Waals surface area (Å²) in [5, 5.41) is 25.2. The molecule has 1 N–H and O–H groups in total. The summed E-state index contributed by atoms with van der Waals surface area (Å²) >= 11 is 0. The van der Waals surface area contributed by atoms with Gasteiger partial charge < -0.3 is 10.1 Å². The molecule has 0 spiro atoms. The fraction of sp³-hybridized carbons (Fsp3) is 0.615. The first kappa shape index (κ1) is 27.3. The van der Waals surface area contributed by atoms with Crippen molar-refractivity contribution in [2.24, 2.45) is 17.8 Å². The Morgan fingerprint density at radius 1 is 0.944 bits per heavy atom. The van der Waals surface area contributed by atoms with E-state index in [9.17, 15) is 29.8 Å². The van der Waals surface area contributed by atoms with Crippen LogP contribution < -0.4 is 5.32 Å². The predicted molar refractivity (Wildman–Crippen MR) is 133 cm³/mol. The summed E-state index contributed by atoms with van der Waals surface area (Å²) in [6.45, 7) is 4.08. The van der Waals surface area contributed by atoms with Crippen molar-refractivity contribution >= 4 is 23.3 Å². The topological polar surface area (TPSA) is 142 Å². The number of nitro groups is 2. The third-order valence-corrected chi connectivity index (χ3v) is 7.37. The van der Waals surface area contributed by atoms with Gasteiger partial charge in [0.05, 0.1) is 34.0 Å². The molecular formula is C26H35N3O7. The first-order chi connectivity index (χ1) is 17.3. The van der Waals surface area contributed by atoms with Crippen LogP contribution in [-0.4, -0.2) is 34.4 Å². The minimum atomic E-state index is -0.773. The van der Waals surface area contributed by atoms with Gasteiger partial charge in [-0.3, -0.25) is 29.8 Å². The molecule has 10 heteroatoms. The Morgan fingerprint density at radius 2 is 1.53 bits per heavy atom. The van der Waals surface area contributed by atoms with E-state index in [1.807, 2.05) is 6.08 Å². The number of nitrogens with one attached hydrogen (secondary N) is 1. The normalized spacial score (nSPS) is 22.2. The van der Waals surface area contributed by atoms with Crippen LogP contribution in [0.1, 0.15) is 81.0 Å². The lowest BCUT2D eigenvalue weighted by molar-refractivity contribution is -0.394. The van der Waals surface area contributed by atoms with E-state index in [1.54, 1.807) is 0 Å². The standard InChI is InChI=1S/C26H35N3O7/c1-2-3-4-5-6-7-8-9-10-13-36-26(31)23-18-11-12-19(14-18)24(23)27-25(30)20-15-21(28(32)33)17-22(16-20)29(34)35/h2,15-19,23-24H,1,3-14H2,(H,27,30). The van der Waals surface area contributed by atoms with Gasteiger partial charge in [-0.25, -0.2) is 0 Å². The van der Waals surface area contributed by atoms with Crippen LogP contribution in [-0.2, 0) is 9.53 Å². The minimum absolute atomic E-state index is 0.117. The van der Waals surface area contributed by atoms with E-state index in [0.29, 0.717) is 6.61 Å². The zero-order valence-corrected chi connectivity index (χ0v) is 20.6. The van der Waals surface area contributed by atoms with E-state index < -0.39 is 39.1 Å². The molecule has 36 heavy (non-hydrogen) atoms. The minimum Gasteiger partial charge on any atom is -0.465 e. The largest absolute Gasteiger partial charge is 0.465 e. The Labute approximate surface area is 210 Å². The second kappa shape index (κ2) is 13.1. The Kier molecular flexibility index (Phi) is 9.95. The summed E-state index contributed by atoms with van der Waals surface area (Å²) in [5.74, 6) is -1.20. The van der Waals surface area contributed by atoms with Crippen molar-refractivity contribution in [1.82, 2.24) is 5.32 Å². The summed E-state index contributed by atoms with van der Waals surface area (Å²) in [6, 6.07) is 2.40. The van der Waals surface area contributed by atoms with Gasteiger partial charge in [-0.1, -0.05) is 38.2 Å². The monoisotopic (exact) mass is 501 g/mol. The zero-order valence-electron chi connectivity index (χ0n) is 20.6. The molecule has 196 valence electrons. The number of hydrogen-bond acceptors (Lipinski definition) is 7. The predicted octanol–water partition coefficient (Wildman–Crippen LogP) is 5.50. The van der Waals surface area contributed by atoms with E-state index in [0.717, 1.165) is 63.1 Å². The lowest BCUT2D eigenvalue weighted by Gasteiger charge is -2.30. The van der Waals surface area contributed by atoms with Gasteiger partial charge in [-0.05, 0) is 50.4 Å². The highest BCUT2D eigenvalue weighted by Gasteiger charge is 2.52. The van der Waals surface area contributed by atoms with E-state index >= 15 is 0 Å². The maximum atomic E-state index is 12.9. The molecular weight excluding hydrogens is 466 g/mol. The van der Waals surface area contributed by atoms with Crippen LogP contribution in [0, 0.1) is 38.0 Å². The molecule has 2 aliphatic rings. The average molecular weight is 502 g/mol. The third-order valence-electron chi connectivity index (χ3n) is 7.37. The first-order valence-corrected chi connectivity index (χ1v) is 12.8. The van der Waals surface area contributed by atoms with Crippen LogP contribution in [0.25, 0.3) is 0 Å². The second-order valence-electron chi connectivity index (χ2n) is 9.83. The molecule has 10 nitrogen and oxygen atoms in total. The molecule has 3 rings (SSSR count). The Morgan fingerprint density at radius 3 is 2.14 bits per heavy atom. The number of nitrogens with zero attached hydrogens (tertiary/aromatic N) is 2. The maximum Gasteiger partial charge on any atom is 0.311 e. The number of hydrogen-bond donors (Lipinski definition) is 1. The van der Waals surface area contributed by atoms with E-state index in [4.69, 9.17) is 4.74 Å². The average Bonchev–Trinajstić information content (AvgIpc) is 3.46. The number of amides is 1. The van der Waals surface area contributed by atoms with Gasteiger partial charge in [0.2, 0.25) is 0 Å². The van der Waals surface area contributed by atoms with Crippen LogP contribution in [0.4, 0.5) is 11.4 Å². The number of ether oxygens (including phenoxy) is 1. The summed E-state index contributed by atoms with van der Waals surface area (Å²) < 4.78 is 5.58. The lowest BCUT2D eigenvalue weighted by Crippen LogP contribution is -2.47. The van der Waals surface area contributed by atoms with Gasteiger partial charge in [0, 0.05) is 18.2 Å². The molecule has 2 saturated carbocycles. The number of esters is 1. The van der Waals surface area contributed by atoms with Crippen molar-refractivity contribution in [1.29, 1.82) is 0 Å². The highest BCUT2D eigenvalue weighted by Crippen LogP contribution is 2.49. The number of allylic oxidation sites excluding steroid dienone is 1. The van der Waals surface area contributed by atoms with Crippen molar-refractivity contribution in [2.45, 2.75) is 76.7 Å². The summed E-state index contributed by atoms with van der Waals surface area (Å²) in [6.07, 6.45) is 13.3. The summed E-state index contributed by atoms with van der Waals surface area (Å²) in [4.78, 5) is 46.6. The lowest BCUT2D eigenvalue weighted by atomic mass is 9.84. The molecule has 2 fully saturated rings. The summed E-state index contributed by atoms with van der Waals surface area (Å²) in [5.41, 5.74) is -1.24. The Hall–Kier alpha value is -3.30. The molecule has 2 bridgehead atoms. The molecule has 2 aliphatic carbocycles. The summed E-state index contributed by atoms with van der Waals surface area (Å²) in [7, 11) is 0. The van der Waals surface area contributed by atoms with Crippen LogP contribution in [0.2, 0.25) is 0 Å². The van der Waals surface area contributed by atoms with Crippen molar-refractivity contribution in [3.63, 3.8) is 0 Å². The molecule has 4 unspecified atom stereocenters. The molecule has 1 aromatic carbocycles. The Bertz CT molecular complexity index is 948. The fourth-order valence-corrected chi connectivity index (χ4v) is 5.55. The smallest absolute Gasteiger partial charge is 0.311 e. The molecule has 4 atom stereocenters. The number of carbonyl (C=O) groups excluding carboxylic acids is 2. The molecule has 0 aromatic heterocycles. The van der Waals surface area contributed by atoms with Gasteiger partial charge in [0.25, 0.3) is 17.3 Å².